The number of benzene rings is 2. The Balaban J connectivity index is 1.25. The molecule has 2 N–H and O–H groups in total. The van der Waals surface area contributed by atoms with Crippen LogP contribution in [0.3, 0.4) is 0 Å². The number of rotatable bonds is 7. The summed E-state index contributed by atoms with van der Waals surface area (Å²) < 4.78 is 0. The molecule has 1 amide bonds. The zero-order chi connectivity index (χ0) is 24.7. The fourth-order valence-electron chi connectivity index (χ4n) is 4.36. The molecule has 0 aliphatic carbocycles. The van der Waals surface area contributed by atoms with Crippen molar-refractivity contribution in [3.8, 4) is 11.3 Å². The van der Waals surface area contributed by atoms with E-state index in [1.807, 2.05) is 60.7 Å². The molecule has 7 nitrogen and oxygen atoms in total. The Morgan fingerprint density at radius 3 is 2.64 bits per heavy atom. The van der Waals surface area contributed by atoms with Crippen molar-refractivity contribution in [2.45, 2.75) is 19.9 Å². The fraction of sp³-hybridized carbons (Fsp3) is 0.241. The molecule has 2 aromatic carbocycles. The van der Waals surface area contributed by atoms with Crippen LogP contribution in [0.15, 0.2) is 79.3 Å². The highest BCUT2D eigenvalue weighted by atomic mass is 16.1. The molecule has 3 heterocycles. The van der Waals surface area contributed by atoms with E-state index in [0.29, 0.717) is 12.0 Å². The van der Waals surface area contributed by atoms with Crippen LogP contribution in [0.25, 0.3) is 11.3 Å². The lowest BCUT2D eigenvalue weighted by Gasteiger charge is -2.27. The number of hydrogen-bond donors (Lipinski definition) is 2. The van der Waals surface area contributed by atoms with Crippen LogP contribution in [-0.4, -0.2) is 51.9 Å². The Bertz CT molecular complexity index is 1320. The van der Waals surface area contributed by atoms with Gasteiger partial charge >= 0.3 is 0 Å². The van der Waals surface area contributed by atoms with Crippen molar-refractivity contribution >= 4 is 11.6 Å². The Labute approximate surface area is 211 Å². The van der Waals surface area contributed by atoms with Crippen LogP contribution in [0.4, 0.5) is 5.69 Å². The van der Waals surface area contributed by atoms with E-state index in [2.05, 4.69) is 32.4 Å². The molecule has 7 heteroatoms. The van der Waals surface area contributed by atoms with Crippen molar-refractivity contribution in [1.82, 2.24) is 25.2 Å². The van der Waals surface area contributed by atoms with Gasteiger partial charge in [0.2, 0.25) is 0 Å². The monoisotopic (exact) mass is 478 g/mol. The van der Waals surface area contributed by atoms with Crippen molar-refractivity contribution in [1.29, 1.82) is 0 Å². The second kappa shape index (κ2) is 11.2. The first-order chi connectivity index (χ1) is 17.6. The lowest BCUT2D eigenvalue weighted by atomic mass is 10.0. The summed E-state index contributed by atoms with van der Waals surface area (Å²) in [5.41, 5.74) is 6.62. The van der Waals surface area contributed by atoms with Gasteiger partial charge in [-0.1, -0.05) is 18.2 Å². The van der Waals surface area contributed by atoms with Gasteiger partial charge in [-0.15, -0.1) is 0 Å². The van der Waals surface area contributed by atoms with E-state index in [1.54, 1.807) is 18.6 Å². The van der Waals surface area contributed by atoms with Crippen molar-refractivity contribution in [2.24, 2.45) is 0 Å². The minimum absolute atomic E-state index is 0.117. The van der Waals surface area contributed by atoms with E-state index in [1.165, 1.54) is 5.56 Å². The minimum atomic E-state index is -0.117. The second-order valence-electron chi connectivity index (χ2n) is 9.10. The molecule has 0 atom stereocenters. The number of amides is 1. The first-order valence-electron chi connectivity index (χ1n) is 12.3. The van der Waals surface area contributed by atoms with Crippen molar-refractivity contribution in [2.75, 3.05) is 31.5 Å². The molecule has 1 fully saturated rings. The molecular weight excluding hydrogens is 448 g/mol. The summed E-state index contributed by atoms with van der Waals surface area (Å²) in [4.78, 5) is 28.7. The molecule has 0 radical (unpaired) electrons. The number of nitrogens with zero attached hydrogens (tertiary/aromatic N) is 4. The Morgan fingerprint density at radius 1 is 1.03 bits per heavy atom. The van der Waals surface area contributed by atoms with Gasteiger partial charge in [-0.25, -0.2) is 9.97 Å². The lowest BCUT2D eigenvalue weighted by Crippen LogP contribution is -2.42. The van der Waals surface area contributed by atoms with E-state index in [9.17, 15) is 4.79 Å². The predicted molar refractivity (Wildman–Crippen MR) is 142 cm³/mol. The van der Waals surface area contributed by atoms with Crippen LogP contribution >= 0.6 is 0 Å². The molecular formula is C29H30N6O. The van der Waals surface area contributed by atoms with E-state index < -0.39 is 0 Å². The average Bonchev–Trinajstić information content (AvgIpc) is 2.92. The zero-order valence-electron chi connectivity index (χ0n) is 20.4. The van der Waals surface area contributed by atoms with Gasteiger partial charge in [0.05, 0.1) is 5.69 Å². The molecule has 1 saturated heterocycles. The van der Waals surface area contributed by atoms with Crippen molar-refractivity contribution in [3.05, 3.63) is 107 Å². The third kappa shape index (κ3) is 6.00. The Hall–Kier alpha value is -3.94. The van der Waals surface area contributed by atoms with Gasteiger partial charge in [-0.2, -0.15) is 0 Å². The molecule has 0 unspecified atom stereocenters. The van der Waals surface area contributed by atoms with Crippen molar-refractivity contribution in [3.63, 3.8) is 0 Å². The van der Waals surface area contributed by atoms with Gasteiger partial charge in [-0.3, -0.25) is 14.7 Å². The molecule has 0 bridgehead atoms. The van der Waals surface area contributed by atoms with Crippen molar-refractivity contribution < 1.29 is 4.79 Å². The molecule has 1 aliphatic heterocycles. The fourth-order valence-corrected chi connectivity index (χ4v) is 4.36. The first kappa shape index (κ1) is 23.8. The number of carbonyl (C=O) groups is 1. The SMILES string of the molecule is Cc1ccc(NC(=O)c2ccc(CN3CCNCC3)cc2)cc1Cc1nccc(-c2cccnc2)n1. The standard InChI is InChI=1S/C29H30N6O/c1-21-4-9-26(17-25(21)18-28-32-12-10-27(34-28)24-3-2-11-31-19-24)33-29(36)23-7-5-22(6-8-23)20-35-15-13-30-14-16-35/h2-12,17,19,30H,13-16,18,20H2,1H3,(H,33,36). The van der Waals surface area contributed by atoms with Gasteiger partial charge in [0.25, 0.3) is 5.91 Å². The van der Waals surface area contributed by atoms with E-state index in [0.717, 1.165) is 66.6 Å². The molecule has 1 aliphatic rings. The quantitative estimate of drug-likeness (QED) is 0.416. The summed E-state index contributed by atoms with van der Waals surface area (Å²) >= 11 is 0. The number of anilines is 1. The summed E-state index contributed by atoms with van der Waals surface area (Å²) in [6.07, 6.45) is 5.89. The van der Waals surface area contributed by atoms with Crippen LogP contribution in [0.5, 0.6) is 0 Å². The average molecular weight is 479 g/mol. The maximum absolute atomic E-state index is 12.9. The summed E-state index contributed by atoms with van der Waals surface area (Å²) in [5.74, 6) is 0.608. The maximum Gasteiger partial charge on any atom is 0.255 e. The number of piperazine rings is 1. The number of pyridine rings is 1. The maximum atomic E-state index is 12.9. The third-order valence-corrected chi connectivity index (χ3v) is 6.45. The Morgan fingerprint density at radius 2 is 1.86 bits per heavy atom. The summed E-state index contributed by atoms with van der Waals surface area (Å²) in [6, 6.07) is 19.6. The largest absolute Gasteiger partial charge is 0.322 e. The summed E-state index contributed by atoms with van der Waals surface area (Å²) in [5, 5.41) is 6.42. The first-order valence-corrected chi connectivity index (χ1v) is 12.3. The summed E-state index contributed by atoms with van der Waals surface area (Å²) in [6.45, 7) is 7.13. The van der Waals surface area contributed by atoms with Crippen LogP contribution < -0.4 is 10.6 Å². The van der Waals surface area contributed by atoms with Gasteiger partial charge in [0.15, 0.2) is 0 Å². The van der Waals surface area contributed by atoms with E-state index in [4.69, 9.17) is 4.98 Å². The predicted octanol–water partition coefficient (Wildman–Crippen LogP) is 4.10. The van der Waals surface area contributed by atoms with Gasteiger partial charge in [-0.05, 0) is 66.1 Å². The molecule has 0 spiro atoms. The summed E-state index contributed by atoms with van der Waals surface area (Å²) in [7, 11) is 0. The smallest absolute Gasteiger partial charge is 0.255 e. The topological polar surface area (TPSA) is 83.0 Å². The van der Waals surface area contributed by atoms with E-state index in [-0.39, 0.29) is 5.91 Å². The molecule has 36 heavy (non-hydrogen) atoms. The van der Waals surface area contributed by atoms with E-state index >= 15 is 0 Å². The highest BCUT2D eigenvalue weighted by Crippen LogP contribution is 2.21. The number of nitrogens with one attached hydrogen (secondary N) is 2. The van der Waals surface area contributed by atoms with Crippen LogP contribution in [0.1, 0.15) is 32.9 Å². The third-order valence-electron chi connectivity index (χ3n) is 6.45. The van der Waals surface area contributed by atoms with Crippen LogP contribution in [-0.2, 0) is 13.0 Å². The van der Waals surface area contributed by atoms with Gasteiger partial charge in [0, 0.05) is 74.5 Å². The molecule has 182 valence electrons. The van der Waals surface area contributed by atoms with Crippen LogP contribution in [0.2, 0.25) is 0 Å². The number of aryl methyl sites for hydroxylation is 1. The number of carbonyl (C=O) groups excluding carboxylic acids is 1. The highest BCUT2D eigenvalue weighted by molar-refractivity contribution is 6.04. The Kier molecular flexibility index (Phi) is 7.40. The number of aromatic nitrogens is 3. The normalized spacial score (nSPS) is 13.9. The lowest BCUT2D eigenvalue weighted by molar-refractivity contribution is 0.102. The van der Waals surface area contributed by atoms with Crippen LogP contribution in [0, 0.1) is 6.92 Å². The minimum Gasteiger partial charge on any atom is -0.322 e. The second-order valence-corrected chi connectivity index (χ2v) is 9.10. The van der Waals surface area contributed by atoms with Gasteiger partial charge in [0.1, 0.15) is 5.82 Å². The molecule has 4 aromatic rings. The number of hydrogen-bond acceptors (Lipinski definition) is 6. The molecule has 0 saturated carbocycles. The van der Waals surface area contributed by atoms with Gasteiger partial charge < -0.3 is 10.6 Å². The molecule has 5 rings (SSSR count). The highest BCUT2D eigenvalue weighted by Gasteiger charge is 2.12. The molecule has 2 aromatic heterocycles. The zero-order valence-corrected chi connectivity index (χ0v) is 20.4.